The lowest BCUT2D eigenvalue weighted by Gasteiger charge is -2.30. The van der Waals surface area contributed by atoms with Crippen molar-refractivity contribution in [3.8, 4) is 5.75 Å². The number of nitrogens with zero attached hydrogens (tertiary/aromatic N) is 2. The molecule has 0 bridgehead atoms. The molecule has 0 saturated heterocycles. The zero-order valence-corrected chi connectivity index (χ0v) is 20.2. The van der Waals surface area contributed by atoms with Gasteiger partial charge in [0.05, 0.1) is 13.7 Å². The van der Waals surface area contributed by atoms with Crippen molar-refractivity contribution < 1.29 is 4.74 Å². The Morgan fingerprint density at radius 3 is 2.41 bits per heavy atom. The van der Waals surface area contributed by atoms with E-state index in [2.05, 4.69) is 17.4 Å². The summed E-state index contributed by atoms with van der Waals surface area (Å²) in [5.41, 5.74) is 2.52. The summed E-state index contributed by atoms with van der Waals surface area (Å²) < 4.78 is 8.57. The lowest BCUT2D eigenvalue weighted by atomic mass is 9.81. The van der Waals surface area contributed by atoms with Gasteiger partial charge in [-0.05, 0) is 68.7 Å². The van der Waals surface area contributed by atoms with E-state index in [9.17, 15) is 9.59 Å². The minimum absolute atomic E-state index is 0.188. The topological polar surface area (TPSA) is 65.3 Å². The zero-order chi connectivity index (χ0) is 23.9. The van der Waals surface area contributed by atoms with E-state index in [-0.39, 0.29) is 11.2 Å². The smallest absolute Gasteiger partial charge is 0.331 e. The van der Waals surface area contributed by atoms with E-state index < -0.39 is 0 Å². The second kappa shape index (κ2) is 11.3. The Morgan fingerprint density at radius 2 is 1.68 bits per heavy atom. The predicted molar refractivity (Wildman–Crippen MR) is 136 cm³/mol. The molecule has 0 amide bonds. The summed E-state index contributed by atoms with van der Waals surface area (Å²) in [5, 5.41) is 3.64. The quantitative estimate of drug-likeness (QED) is 0.488. The lowest BCUT2D eigenvalue weighted by Crippen LogP contribution is -2.41. The van der Waals surface area contributed by atoms with Crippen molar-refractivity contribution in [1.82, 2.24) is 14.5 Å². The lowest BCUT2D eigenvalue weighted by molar-refractivity contribution is 0.330. The fourth-order valence-electron chi connectivity index (χ4n) is 5.05. The first-order valence-electron chi connectivity index (χ1n) is 12.3. The summed E-state index contributed by atoms with van der Waals surface area (Å²) >= 11 is 0. The molecule has 0 spiro atoms. The number of para-hydroxylation sites is 1. The first-order chi connectivity index (χ1) is 16.6. The van der Waals surface area contributed by atoms with E-state index in [1.165, 1.54) is 10.1 Å². The van der Waals surface area contributed by atoms with Crippen molar-refractivity contribution in [2.45, 2.75) is 64.1 Å². The van der Waals surface area contributed by atoms with Crippen LogP contribution in [0.1, 0.15) is 54.7 Å². The normalized spacial score (nSPS) is 18.1. The Bertz CT molecular complexity index is 1190. The largest absolute Gasteiger partial charge is 0.496 e. The summed E-state index contributed by atoms with van der Waals surface area (Å²) in [6, 6.07) is 18.7. The molecule has 4 rings (SSSR count). The van der Waals surface area contributed by atoms with Crippen LogP contribution < -0.4 is 21.3 Å². The van der Waals surface area contributed by atoms with Crippen LogP contribution in [0.5, 0.6) is 5.75 Å². The Balaban J connectivity index is 1.29. The second-order valence-electron chi connectivity index (χ2n) is 9.26. The molecule has 1 aliphatic rings. The molecule has 0 atom stereocenters. The zero-order valence-electron chi connectivity index (χ0n) is 20.2. The van der Waals surface area contributed by atoms with Gasteiger partial charge in [0.15, 0.2) is 0 Å². The van der Waals surface area contributed by atoms with E-state index in [0.717, 1.165) is 50.0 Å². The highest BCUT2D eigenvalue weighted by Crippen LogP contribution is 2.37. The van der Waals surface area contributed by atoms with E-state index in [1.54, 1.807) is 24.8 Å². The third kappa shape index (κ3) is 5.68. The molecule has 1 heterocycles. The van der Waals surface area contributed by atoms with E-state index in [0.29, 0.717) is 30.6 Å². The summed E-state index contributed by atoms with van der Waals surface area (Å²) in [7, 11) is 1.74. The Hall–Kier alpha value is -3.12. The second-order valence-corrected chi connectivity index (χ2v) is 9.26. The molecule has 34 heavy (non-hydrogen) atoms. The molecular weight excluding hydrogens is 426 g/mol. The number of aryl methyl sites for hydroxylation is 1. The monoisotopic (exact) mass is 461 g/mol. The summed E-state index contributed by atoms with van der Waals surface area (Å²) in [6.07, 6.45) is 6.94. The third-order valence-electron chi connectivity index (χ3n) is 6.90. The van der Waals surface area contributed by atoms with Gasteiger partial charge in [0.25, 0.3) is 5.56 Å². The maximum Gasteiger partial charge on any atom is 0.331 e. The summed E-state index contributed by atoms with van der Waals surface area (Å²) in [5.74, 6) is 1.53. The van der Waals surface area contributed by atoms with E-state index in [1.807, 2.05) is 42.5 Å². The molecule has 0 unspecified atom stereocenters. The van der Waals surface area contributed by atoms with Gasteiger partial charge in [-0.25, -0.2) is 4.79 Å². The maximum atomic E-state index is 13.0. The molecule has 2 aromatic carbocycles. The van der Waals surface area contributed by atoms with Crippen LogP contribution in [0.15, 0.2) is 70.4 Å². The molecule has 1 N–H and O–H groups in total. The molecule has 0 aliphatic heterocycles. The average Bonchev–Trinajstić information content (AvgIpc) is 2.88. The van der Waals surface area contributed by atoms with Gasteiger partial charge in [-0.2, -0.15) is 0 Å². The third-order valence-corrected chi connectivity index (χ3v) is 6.90. The molecular formula is C28H35N3O3. The van der Waals surface area contributed by atoms with Crippen molar-refractivity contribution in [3.05, 3.63) is 98.3 Å². The molecule has 180 valence electrons. The van der Waals surface area contributed by atoms with Crippen LogP contribution in [0.3, 0.4) is 0 Å². The molecule has 1 aliphatic carbocycles. The molecule has 1 aromatic heterocycles. The highest BCUT2D eigenvalue weighted by Gasteiger charge is 2.24. The molecule has 1 fully saturated rings. The minimum atomic E-state index is -0.239. The number of methoxy groups -OCH3 is 1. The van der Waals surface area contributed by atoms with Crippen LogP contribution >= 0.6 is 0 Å². The van der Waals surface area contributed by atoms with Crippen LogP contribution in [0.25, 0.3) is 0 Å². The Morgan fingerprint density at radius 1 is 0.971 bits per heavy atom. The average molecular weight is 462 g/mol. The van der Waals surface area contributed by atoms with E-state index >= 15 is 0 Å². The summed E-state index contributed by atoms with van der Waals surface area (Å²) in [4.78, 5) is 25.6. The van der Waals surface area contributed by atoms with Crippen LogP contribution in [0.4, 0.5) is 0 Å². The first-order valence-corrected chi connectivity index (χ1v) is 12.3. The standard InChI is InChI=1S/C28H35N3O3/c1-21-19-30(20-22-9-4-3-5-10-22)28(33)31(27(21)32)18-8-17-29-24-15-13-23(14-16-24)25-11-6-7-12-26(25)34-2/h3-7,9-12,19,23-24,29H,8,13-18,20H2,1-2H3/t23-,24-. The molecule has 0 radical (unpaired) electrons. The molecule has 6 heteroatoms. The van der Waals surface area contributed by atoms with Gasteiger partial charge >= 0.3 is 5.69 Å². The number of rotatable bonds is 9. The molecule has 1 saturated carbocycles. The van der Waals surface area contributed by atoms with Crippen LogP contribution in [0, 0.1) is 6.92 Å². The number of nitrogens with one attached hydrogen (secondary N) is 1. The van der Waals surface area contributed by atoms with Crippen LogP contribution in [0.2, 0.25) is 0 Å². The van der Waals surface area contributed by atoms with Gasteiger partial charge in [0.1, 0.15) is 5.75 Å². The highest BCUT2D eigenvalue weighted by molar-refractivity contribution is 5.36. The Labute approximate surface area is 201 Å². The number of benzene rings is 2. The van der Waals surface area contributed by atoms with Crippen molar-refractivity contribution in [3.63, 3.8) is 0 Å². The van der Waals surface area contributed by atoms with E-state index in [4.69, 9.17) is 4.74 Å². The molecule has 6 nitrogen and oxygen atoms in total. The predicted octanol–water partition coefficient (Wildman–Crippen LogP) is 4.08. The fraction of sp³-hybridized carbons (Fsp3) is 0.429. The Kier molecular flexibility index (Phi) is 8.01. The van der Waals surface area contributed by atoms with Crippen molar-refractivity contribution in [2.75, 3.05) is 13.7 Å². The van der Waals surface area contributed by atoms with Crippen molar-refractivity contribution >= 4 is 0 Å². The number of aromatic nitrogens is 2. The first kappa shape index (κ1) is 24.0. The van der Waals surface area contributed by atoms with Gasteiger partial charge in [-0.15, -0.1) is 0 Å². The SMILES string of the molecule is COc1ccccc1[C@H]1CC[C@H](NCCCn2c(=O)c(C)cn(Cc3ccccc3)c2=O)CC1. The highest BCUT2D eigenvalue weighted by atomic mass is 16.5. The van der Waals surface area contributed by atoms with Gasteiger partial charge < -0.3 is 10.1 Å². The van der Waals surface area contributed by atoms with Crippen LogP contribution in [-0.2, 0) is 13.1 Å². The molecule has 3 aromatic rings. The van der Waals surface area contributed by atoms with Gasteiger partial charge in [0.2, 0.25) is 0 Å². The van der Waals surface area contributed by atoms with Crippen molar-refractivity contribution in [1.29, 1.82) is 0 Å². The number of hydrogen-bond donors (Lipinski definition) is 1. The maximum absolute atomic E-state index is 13.0. The van der Waals surface area contributed by atoms with Crippen molar-refractivity contribution in [2.24, 2.45) is 0 Å². The minimum Gasteiger partial charge on any atom is -0.496 e. The van der Waals surface area contributed by atoms with Gasteiger partial charge in [-0.1, -0.05) is 48.5 Å². The summed E-state index contributed by atoms with van der Waals surface area (Å²) in [6.45, 7) is 3.47. The number of ether oxygens (including phenoxy) is 1. The van der Waals surface area contributed by atoms with Gasteiger partial charge in [0, 0.05) is 24.3 Å². The van der Waals surface area contributed by atoms with Crippen LogP contribution in [-0.4, -0.2) is 28.8 Å². The number of hydrogen-bond acceptors (Lipinski definition) is 4. The van der Waals surface area contributed by atoms with Gasteiger partial charge in [-0.3, -0.25) is 13.9 Å². The fourth-order valence-corrected chi connectivity index (χ4v) is 5.05.